The molecule has 0 spiro atoms. The van der Waals surface area contributed by atoms with Crippen molar-refractivity contribution in [3.8, 4) is 0 Å². The minimum atomic E-state index is -1.08. The van der Waals surface area contributed by atoms with Gasteiger partial charge in [-0.15, -0.1) is 0 Å². The number of ketones is 1. The first-order chi connectivity index (χ1) is 7.00. The lowest BCUT2D eigenvalue weighted by Gasteiger charge is -2.29. The normalized spacial score (nSPS) is 16.8. The van der Waals surface area contributed by atoms with E-state index in [9.17, 15) is 9.90 Å². The Hall–Kier alpha value is -1.15. The molecule has 1 aromatic rings. The molecular weight excluding hydrogens is 188 g/mol. The van der Waals surface area contributed by atoms with E-state index in [1.165, 1.54) is 0 Å². The van der Waals surface area contributed by atoms with Crippen molar-refractivity contribution in [2.24, 2.45) is 5.92 Å². The number of benzene rings is 1. The quantitative estimate of drug-likeness (QED) is 0.821. The van der Waals surface area contributed by atoms with Crippen LogP contribution in [0.5, 0.6) is 0 Å². The van der Waals surface area contributed by atoms with Gasteiger partial charge in [0.15, 0.2) is 0 Å². The fourth-order valence-corrected chi connectivity index (χ4v) is 1.65. The zero-order valence-corrected chi connectivity index (χ0v) is 9.53. The molecule has 2 nitrogen and oxygen atoms in total. The fourth-order valence-electron chi connectivity index (χ4n) is 1.65. The van der Waals surface area contributed by atoms with Crippen LogP contribution in [0.15, 0.2) is 30.3 Å². The molecule has 0 amide bonds. The molecular formula is C13H18O2. The third-order valence-corrected chi connectivity index (χ3v) is 3.03. The van der Waals surface area contributed by atoms with Crippen LogP contribution in [0.2, 0.25) is 0 Å². The molecule has 1 N–H and O–H groups in total. The van der Waals surface area contributed by atoms with Gasteiger partial charge in [-0.25, -0.2) is 0 Å². The van der Waals surface area contributed by atoms with Crippen molar-refractivity contribution in [3.63, 3.8) is 0 Å². The van der Waals surface area contributed by atoms with Gasteiger partial charge in [-0.2, -0.15) is 0 Å². The summed E-state index contributed by atoms with van der Waals surface area (Å²) in [6.45, 7) is 5.29. The van der Waals surface area contributed by atoms with E-state index in [-0.39, 0.29) is 11.7 Å². The lowest BCUT2D eigenvalue weighted by atomic mass is 9.81. The van der Waals surface area contributed by atoms with E-state index in [2.05, 4.69) is 0 Å². The highest BCUT2D eigenvalue weighted by atomic mass is 16.3. The molecule has 0 heterocycles. The maximum atomic E-state index is 11.6. The van der Waals surface area contributed by atoms with Crippen molar-refractivity contribution in [1.82, 2.24) is 0 Å². The van der Waals surface area contributed by atoms with Crippen LogP contribution >= 0.6 is 0 Å². The van der Waals surface area contributed by atoms with Gasteiger partial charge in [0.25, 0.3) is 0 Å². The number of rotatable bonds is 4. The highest BCUT2D eigenvalue weighted by Gasteiger charge is 2.33. The molecule has 0 saturated carbocycles. The van der Waals surface area contributed by atoms with Gasteiger partial charge in [0.1, 0.15) is 5.78 Å². The van der Waals surface area contributed by atoms with Crippen LogP contribution in [0.1, 0.15) is 32.8 Å². The summed E-state index contributed by atoms with van der Waals surface area (Å²) >= 11 is 0. The molecule has 0 aliphatic rings. The molecule has 1 aromatic carbocycles. The fraction of sp³-hybridized carbons (Fsp3) is 0.462. The Morgan fingerprint density at radius 2 is 1.93 bits per heavy atom. The molecule has 0 bridgehead atoms. The van der Waals surface area contributed by atoms with E-state index in [0.29, 0.717) is 6.42 Å². The van der Waals surface area contributed by atoms with E-state index >= 15 is 0 Å². The van der Waals surface area contributed by atoms with Crippen LogP contribution in [0.3, 0.4) is 0 Å². The van der Waals surface area contributed by atoms with Crippen LogP contribution in [-0.4, -0.2) is 10.9 Å². The zero-order valence-electron chi connectivity index (χ0n) is 9.53. The summed E-state index contributed by atoms with van der Waals surface area (Å²) in [7, 11) is 0. The number of Topliss-reactive ketones (excluding diaryl/α,β-unsaturated/α-hetero) is 1. The number of aliphatic hydroxyl groups is 1. The van der Waals surface area contributed by atoms with Crippen LogP contribution in [0.4, 0.5) is 0 Å². The third-order valence-electron chi connectivity index (χ3n) is 3.03. The third kappa shape index (κ3) is 2.45. The van der Waals surface area contributed by atoms with E-state index in [4.69, 9.17) is 0 Å². The van der Waals surface area contributed by atoms with Crippen molar-refractivity contribution < 1.29 is 9.90 Å². The van der Waals surface area contributed by atoms with E-state index < -0.39 is 5.60 Å². The van der Waals surface area contributed by atoms with E-state index in [1.54, 1.807) is 13.8 Å². The molecule has 1 rings (SSSR count). The Morgan fingerprint density at radius 1 is 1.40 bits per heavy atom. The SMILES string of the molecule is CCC(=O)[C@H](C)[C@](C)(O)c1ccccc1. The molecule has 0 fully saturated rings. The number of carbonyl (C=O) groups is 1. The summed E-state index contributed by atoms with van der Waals surface area (Å²) in [5, 5.41) is 10.3. The van der Waals surface area contributed by atoms with Gasteiger partial charge < -0.3 is 5.11 Å². The van der Waals surface area contributed by atoms with E-state index in [1.807, 2.05) is 37.3 Å². The summed E-state index contributed by atoms with van der Waals surface area (Å²) < 4.78 is 0. The minimum absolute atomic E-state index is 0.0869. The molecule has 2 atom stereocenters. The first kappa shape index (κ1) is 11.9. The Kier molecular flexibility index (Phi) is 3.64. The van der Waals surface area contributed by atoms with Crippen molar-refractivity contribution in [2.45, 2.75) is 32.8 Å². The van der Waals surface area contributed by atoms with Gasteiger partial charge in [0, 0.05) is 12.3 Å². The maximum Gasteiger partial charge on any atom is 0.138 e. The average molecular weight is 206 g/mol. The minimum Gasteiger partial charge on any atom is -0.385 e. The Balaban J connectivity index is 2.97. The smallest absolute Gasteiger partial charge is 0.138 e. The Morgan fingerprint density at radius 3 is 2.40 bits per heavy atom. The molecule has 0 saturated heterocycles. The number of carbonyl (C=O) groups excluding carboxylic acids is 1. The van der Waals surface area contributed by atoms with Crippen molar-refractivity contribution in [3.05, 3.63) is 35.9 Å². The lowest BCUT2D eigenvalue weighted by Crippen LogP contribution is -2.34. The topological polar surface area (TPSA) is 37.3 Å². The first-order valence-electron chi connectivity index (χ1n) is 5.30. The van der Waals surface area contributed by atoms with Gasteiger partial charge in [-0.05, 0) is 12.5 Å². The van der Waals surface area contributed by atoms with Gasteiger partial charge in [-0.3, -0.25) is 4.79 Å². The van der Waals surface area contributed by atoms with Gasteiger partial charge >= 0.3 is 0 Å². The summed E-state index contributed by atoms with van der Waals surface area (Å²) in [5.41, 5.74) is -0.284. The Labute approximate surface area is 90.9 Å². The molecule has 0 aromatic heterocycles. The second kappa shape index (κ2) is 4.58. The van der Waals surface area contributed by atoms with Crippen molar-refractivity contribution >= 4 is 5.78 Å². The lowest BCUT2D eigenvalue weighted by molar-refractivity contribution is -0.130. The molecule has 0 aliphatic heterocycles. The predicted octanol–water partition coefficient (Wildman–Crippen LogP) is 2.51. The van der Waals surface area contributed by atoms with Gasteiger partial charge in [0.2, 0.25) is 0 Å². The predicted molar refractivity (Wildman–Crippen MR) is 60.5 cm³/mol. The van der Waals surface area contributed by atoms with Crippen LogP contribution in [0.25, 0.3) is 0 Å². The largest absolute Gasteiger partial charge is 0.385 e. The molecule has 15 heavy (non-hydrogen) atoms. The second-order valence-corrected chi connectivity index (χ2v) is 4.06. The maximum absolute atomic E-state index is 11.6. The summed E-state index contributed by atoms with van der Waals surface area (Å²) in [5.74, 6) is -0.284. The molecule has 0 radical (unpaired) electrons. The average Bonchev–Trinajstić information content (AvgIpc) is 2.28. The molecule has 82 valence electrons. The van der Waals surface area contributed by atoms with Crippen LogP contribution in [-0.2, 0) is 10.4 Å². The van der Waals surface area contributed by atoms with E-state index in [0.717, 1.165) is 5.56 Å². The van der Waals surface area contributed by atoms with Crippen molar-refractivity contribution in [1.29, 1.82) is 0 Å². The first-order valence-corrected chi connectivity index (χ1v) is 5.30. The zero-order chi connectivity index (χ0) is 11.5. The molecule has 0 unspecified atom stereocenters. The Bertz CT molecular complexity index is 328. The second-order valence-electron chi connectivity index (χ2n) is 4.06. The summed E-state index contributed by atoms with van der Waals surface area (Å²) in [6.07, 6.45) is 0.462. The van der Waals surface area contributed by atoms with Crippen molar-refractivity contribution in [2.75, 3.05) is 0 Å². The van der Waals surface area contributed by atoms with Gasteiger partial charge in [-0.1, -0.05) is 44.2 Å². The number of hydrogen-bond acceptors (Lipinski definition) is 2. The highest BCUT2D eigenvalue weighted by Crippen LogP contribution is 2.30. The summed E-state index contributed by atoms with van der Waals surface area (Å²) in [6, 6.07) is 9.32. The number of hydrogen-bond donors (Lipinski definition) is 1. The summed E-state index contributed by atoms with van der Waals surface area (Å²) in [4.78, 5) is 11.6. The molecule has 0 aliphatic carbocycles. The van der Waals surface area contributed by atoms with Crippen LogP contribution in [0, 0.1) is 5.92 Å². The molecule has 2 heteroatoms. The standard InChI is InChI=1S/C13H18O2/c1-4-12(14)10(2)13(3,15)11-8-6-5-7-9-11/h5-10,15H,4H2,1-3H3/t10-,13-/m0/s1. The van der Waals surface area contributed by atoms with Crippen LogP contribution < -0.4 is 0 Å². The monoisotopic (exact) mass is 206 g/mol. The van der Waals surface area contributed by atoms with Gasteiger partial charge in [0.05, 0.1) is 5.60 Å². The highest BCUT2D eigenvalue weighted by molar-refractivity contribution is 5.81.